The van der Waals surface area contributed by atoms with Gasteiger partial charge < -0.3 is 11.1 Å². The fourth-order valence-corrected chi connectivity index (χ4v) is 2.75. The van der Waals surface area contributed by atoms with Gasteiger partial charge in [0.2, 0.25) is 5.95 Å². The van der Waals surface area contributed by atoms with Crippen LogP contribution in [0.1, 0.15) is 56.2 Å². The lowest BCUT2D eigenvalue weighted by atomic mass is 10.0. The average molecular weight is 362 g/mol. The number of nitrogens with zero attached hydrogens (tertiary/aromatic N) is 2. The highest BCUT2D eigenvalue weighted by molar-refractivity contribution is 5.46. The SMILES string of the molecule is CCCCNc1nc(N)ncc1CCCCc1ccc(C(C)(F)F)cc1. The van der Waals surface area contributed by atoms with Crippen LogP contribution in [0.25, 0.3) is 0 Å². The third-order valence-electron chi connectivity index (χ3n) is 4.33. The predicted octanol–water partition coefficient (Wildman–Crippen LogP) is 4.95. The molecule has 1 aromatic heterocycles. The number of unbranched alkanes of at least 4 members (excludes halogenated alkanes) is 2. The number of anilines is 2. The summed E-state index contributed by atoms with van der Waals surface area (Å²) in [7, 11) is 0. The van der Waals surface area contributed by atoms with Gasteiger partial charge in [0.05, 0.1) is 0 Å². The standard InChI is InChI=1S/C20H28F2N4/c1-3-4-13-24-18-16(14-25-19(23)26-18)8-6-5-7-15-9-11-17(12-10-15)20(2,21)22/h9-12,14H,3-8,13H2,1-2H3,(H3,23,24,25,26). The molecule has 2 rings (SSSR count). The van der Waals surface area contributed by atoms with Crippen molar-refractivity contribution in [1.82, 2.24) is 9.97 Å². The van der Waals surface area contributed by atoms with Gasteiger partial charge in [0.1, 0.15) is 5.82 Å². The molecule has 0 bridgehead atoms. The molecule has 0 aliphatic carbocycles. The molecule has 0 radical (unpaired) electrons. The van der Waals surface area contributed by atoms with Gasteiger partial charge in [0.15, 0.2) is 0 Å². The van der Waals surface area contributed by atoms with Gasteiger partial charge in [0, 0.05) is 30.8 Å². The van der Waals surface area contributed by atoms with Crippen LogP contribution in [-0.2, 0) is 18.8 Å². The Kier molecular flexibility index (Phi) is 7.30. The van der Waals surface area contributed by atoms with Crippen molar-refractivity contribution in [2.24, 2.45) is 0 Å². The topological polar surface area (TPSA) is 63.8 Å². The van der Waals surface area contributed by atoms with Crippen molar-refractivity contribution in [2.75, 3.05) is 17.6 Å². The zero-order valence-electron chi connectivity index (χ0n) is 15.6. The van der Waals surface area contributed by atoms with E-state index in [1.807, 2.05) is 0 Å². The Hall–Kier alpha value is -2.24. The number of rotatable bonds is 10. The molecule has 142 valence electrons. The minimum absolute atomic E-state index is 0.0584. The van der Waals surface area contributed by atoms with Gasteiger partial charge in [-0.3, -0.25) is 0 Å². The maximum atomic E-state index is 13.2. The van der Waals surface area contributed by atoms with Gasteiger partial charge in [-0.1, -0.05) is 37.6 Å². The predicted molar refractivity (Wildman–Crippen MR) is 102 cm³/mol. The largest absolute Gasteiger partial charge is 0.370 e. The number of aromatic nitrogens is 2. The monoisotopic (exact) mass is 362 g/mol. The molecular formula is C20H28F2N4. The van der Waals surface area contributed by atoms with Gasteiger partial charge in [-0.15, -0.1) is 0 Å². The lowest BCUT2D eigenvalue weighted by Gasteiger charge is -2.12. The van der Waals surface area contributed by atoms with E-state index in [-0.39, 0.29) is 11.5 Å². The summed E-state index contributed by atoms with van der Waals surface area (Å²) in [5, 5.41) is 3.33. The van der Waals surface area contributed by atoms with Crippen molar-refractivity contribution in [3.63, 3.8) is 0 Å². The second-order valence-corrected chi connectivity index (χ2v) is 6.67. The van der Waals surface area contributed by atoms with E-state index in [0.29, 0.717) is 0 Å². The molecule has 0 aliphatic heterocycles. The first kappa shape index (κ1) is 20.1. The van der Waals surface area contributed by atoms with Crippen LogP contribution in [0.3, 0.4) is 0 Å². The van der Waals surface area contributed by atoms with Crippen molar-refractivity contribution in [3.8, 4) is 0 Å². The van der Waals surface area contributed by atoms with Crippen molar-refractivity contribution >= 4 is 11.8 Å². The molecular weight excluding hydrogens is 334 g/mol. The minimum Gasteiger partial charge on any atom is -0.370 e. The molecule has 0 saturated carbocycles. The molecule has 0 fully saturated rings. The fourth-order valence-electron chi connectivity index (χ4n) is 2.75. The summed E-state index contributed by atoms with van der Waals surface area (Å²) in [6.45, 7) is 3.93. The van der Waals surface area contributed by atoms with Crippen LogP contribution < -0.4 is 11.1 Å². The summed E-state index contributed by atoms with van der Waals surface area (Å²) in [4.78, 5) is 8.39. The number of nitrogens with one attached hydrogen (secondary N) is 1. The summed E-state index contributed by atoms with van der Waals surface area (Å²) in [6.07, 6.45) is 7.66. The van der Waals surface area contributed by atoms with E-state index in [1.54, 1.807) is 18.3 Å². The smallest absolute Gasteiger partial charge is 0.270 e. The van der Waals surface area contributed by atoms with Crippen LogP contribution in [0.4, 0.5) is 20.5 Å². The molecule has 3 N–H and O–H groups in total. The molecule has 0 aliphatic rings. The molecule has 6 heteroatoms. The molecule has 2 aromatic rings. The van der Waals surface area contributed by atoms with Gasteiger partial charge in [0.25, 0.3) is 5.92 Å². The lowest BCUT2D eigenvalue weighted by molar-refractivity contribution is 0.0174. The van der Waals surface area contributed by atoms with Crippen LogP contribution in [0.2, 0.25) is 0 Å². The maximum absolute atomic E-state index is 13.2. The highest BCUT2D eigenvalue weighted by Crippen LogP contribution is 2.27. The van der Waals surface area contributed by atoms with Crippen LogP contribution in [0.5, 0.6) is 0 Å². The summed E-state index contributed by atoms with van der Waals surface area (Å²) in [5.41, 5.74) is 7.89. The van der Waals surface area contributed by atoms with E-state index in [9.17, 15) is 8.78 Å². The van der Waals surface area contributed by atoms with E-state index in [2.05, 4.69) is 22.2 Å². The molecule has 0 atom stereocenters. The number of alkyl halides is 2. The molecule has 1 heterocycles. The van der Waals surface area contributed by atoms with E-state index >= 15 is 0 Å². The first-order valence-electron chi connectivity index (χ1n) is 9.22. The number of hydrogen-bond acceptors (Lipinski definition) is 4. The third kappa shape index (κ3) is 6.24. The first-order chi connectivity index (χ1) is 12.4. The van der Waals surface area contributed by atoms with Crippen molar-refractivity contribution in [1.29, 1.82) is 0 Å². The molecule has 0 spiro atoms. The highest BCUT2D eigenvalue weighted by atomic mass is 19.3. The van der Waals surface area contributed by atoms with E-state index in [0.717, 1.165) is 68.9 Å². The number of halogens is 2. The Morgan fingerprint density at radius 2 is 1.77 bits per heavy atom. The average Bonchev–Trinajstić information content (AvgIpc) is 2.60. The van der Waals surface area contributed by atoms with Crippen LogP contribution in [0, 0.1) is 0 Å². The van der Waals surface area contributed by atoms with Gasteiger partial charge >= 0.3 is 0 Å². The van der Waals surface area contributed by atoms with Crippen LogP contribution in [0.15, 0.2) is 30.5 Å². The number of nitrogens with two attached hydrogens (primary N) is 1. The molecule has 4 nitrogen and oxygen atoms in total. The first-order valence-corrected chi connectivity index (χ1v) is 9.22. The van der Waals surface area contributed by atoms with Crippen molar-refractivity contribution < 1.29 is 8.78 Å². The number of nitrogen functional groups attached to an aromatic ring is 1. The highest BCUT2D eigenvalue weighted by Gasteiger charge is 2.23. The summed E-state index contributed by atoms with van der Waals surface area (Å²) >= 11 is 0. The number of aryl methyl sites for hydroxylation is 2. The number of benzene rings is 1. The Morgan fingerprint density at radius 3 is 2.42 bits per heavy atom. The Balaban J connectivity index is 1.84. The van der Waals surface area contributed by atoms with Gasteiger partial charge in [-0.25, -0.2) is 13.8 Å². The lowest BCUT2D eigenvalue weighted by Crippen LogP contribution is -2.09. The third-order valence-corrected chi connectivity index (χ3v) is 4.33. The Morgan fingerprint density at radius 1 is 1.08 bits per heavy atom. The van der Waals surface area contributed by atoms with Crippen LogP contribution >= 0.6 is 0 Å². The second-order valence-electron chi connectivity index (χ2n) is 6.67. The maximum Gasteiger partial charge on any atom is 0.270 e. The van der Waals surface area contributed by atoms with Crippen molar-refractivity contribution in [3.05, 3.63) is 47.2 Å². The Labute approximate surface area is 154 Å². The zero-order valence-corrected chi connectivity index (χ0v) is 15.6. The normalized spacial score (nSPS) is 11.5. The van der Waals surface area contributed by atoms with E-state index < -0.39 is 5.92 Å². The van der Waals surface area contributed by atoms with Gasteiger partial charge in [-0.05, 0) is 37.7 Å². The zero-order chi connectivity index (χ0) is 19.0. The molecule has 0 unspecified atom stereocenters. The molecule has 0 amide bonds. The van der Waals surface area contributed by atoms with Crippen LogP contribution in [-0.4, -0.2) is 16.5 Å². The second kappa shape index (κ2) is 9.46. The molecule has 0 saturated heterocycles. The minimum atomic E-state index is -2.78. The van der Waals surface area contributed by atoms with E-state index in [4.69, 9.17) is 5.73 Å². The summed E-state index contributed by atoms with van der Waals surface area (Å²) in [5.74, 6) is -1.68. The molecule has 1 aromatic carbocycles. The summed E-state index contributed by atoms with van der Waals surface area (Å²) in [6, 6.07) is 6.60. The summed E-state index contributed by atoms with van der Waals surface area (Å²) < 4.78 is 26.5. The Bertz CT molecular complexity index is 681. The van der Waals surface area contributed by atoms with Gasteiger partial charge in [-0.2, -0.15) is 4.98 Å². The quantitative estimate of drug-likeness (QED) is 0.587. The number of hydrogen-bond donors (Lipinski definition) is 2. The molecule has 26 heavy (non-hydrogen) atoms. The van der Waals surface area contributed by atoms with Crippen molar-refractivity contribution in [2.45, 2.75) is 58.3 Å². The van der Waals surface area contributed by atoms with E-state index in [1.165, 1.54) is 12.1 Å². The fraction of sp³-hybridized carbons (Fsp3) is 0.500.